The molecule has 140 valence electrons. The Hall–Kier alpha value is -1.09. The SMILES string of the molecule is C=C(Cc1ccc(F)cc1)N=C(CCC(CC)(CCC)CCC)SC. The summed E-state index contributed by atoms with van der Waals surface area (Å²) in [5, 5.41) is 1.16. The molecular weight excluding hydrogens is 329 g/mol. The fourth-order valence-corrected chi connectivity index (χ4v) is 4.12. The molecule has 0 saturated carbocycles. The van der Waals surface area contributed by atoms with Gasteiger partial charge in [-0.05, 0) is 55.1 Å². The molecule has 1 rings (SSSR count). The Labute approximate surface area is 158 Å². The van der Waals surface area contributed by atoms with E-state index in [1.54, 1.807) is 23.9 Å². The Kier molecular flexibility index (Phi) is 10.1. The zero-order valence-corrected chi connectivity index (χ0v) is 17.2. The van der Waals surface area contributed by atoms with E-state index in [0.29, 0.717) is 11.8 Å². The van der Waals surface area contributed by atoms with Crippen LogP contribution >= 0.6 is 11.8 Å². The van der Waals surface area contributed by atoms with Crippen LogP contribution < -0.4 is 0 Å². The van der Waals surface area contributed by atoms with Crippen molar-refractivity contribution in [1.29, 1.82) is 0 Å². The van der Waals surface area contributed by atoms with Crippen molar-refractivity contribution >= 4 is 16.8 Å². The molecule has 0 atom stereocenters. The lowest BCUT2D eigenvalue weighted by Crippen LogP contribution is -2.20. The second kappa shape index (κ2) is 11.5. The summed E-state index contributed by atoms with van der Waals surface area (Å²) in [6.07, 6.45) is 11.3. The number of allylic oxidation sites excluding steroid dienone is 1. The van der Waals surface area contributed by atoms with Crippen molar-refractivity contribution in [2.45, 2.75) is 72.1 Å². The van der Waals surface area contributed by atoms with E-state index in [2.05, 4.69) is 33.6 Å². The van der Waals surface area contributed by atoms with Gasteiger partial charge in [0.1, 0.15) is 5.82 Å². The molecule has 3 heteroatoms. The lowest BCUT2D eigenvalue weighted by atomic mass is 9.73. The Morgan fingerprint density at radius 2 is 1.68 bits per heavy atom. The summed E-state index contributed by atoms with van der Waals surface area (Å²) in [5.41, 5.74) is 2.36. The van der Waals surface area contributed by atoms with Gasteiger partial charge in [-0.1, -0.05) is 58.7 Å². The molecule has 0 aliphatic rings. The molecule has 0 aliphatic heterocycles. The predicted octanol–water partition coefficient (Wildman–Crippen LogP) is 7.42. The summed E-state index contributed by atoms with van der Waals surface area (Å²) >= 11 is 1.73. The molecule has 0 radical (unpaired) electrons. The summed E-state index contributed by atoms with van der Waals surface area (Å²) in [6, 6.07) is 6.60. The third-order valence-electron chi connectivity index (χ3n) is 5.02. The van der Waals surface area contributed by atoms with Crippen molar-refractivity contribution in [1.82, 2.24) is 0 Å². The van der Waals surface area contributed by atoms with Crippen LogP contribution in [0.3, 0.4) is 0 Å². The second-order valence-electron chi connectivity index (χ2n) is 6.93. The first-order chi connectivity index (χ1) is 12.0. The molecule has 0 amide bonds. The Balaban J connectivity index is 2.70. The third kappa shape index (κ3) is 7.77. The number of rotatable bonds is 11. The van der Waals surface area contributed by atoms with Crippen molar-refractivity contribution in [3.8, 4) is 0 Å². The summed E-state index contributed by atoms with van der Waals surface area (Å²) in [4.78, 5) is 4.76. The zero-order chi connectivity index (χ0) is 18.7. The van der Waals surface area contributed by atoms with E-state index in [9.17, 15) is 4.39 Å². The van der Waals surface area contributed by atoms with E-state index < -0.39 is 0 Å². The maximum Gasteiger partial charge on any atom is 0.123 e. The molecule has 1 nitrogen and oxygen atoms in total. The van der Waals surface area contributed by atoms with Crippen LogP contribution in [0, 0.1) is 11.2 Å². The molecular formula is C22H34FNS. The van der Waals surface area contributed by atoms with Crippen LogP contribution in [-0.4, -0.2) is 11.3 Å². The maximum atomic E-state index is 13.0. The van der Waals surface area contributed by atoms with Gasteiger partial charge in [0.05, 0.1) is 5.04 Å². The molecule has 0 fully saturated rings. The molecule has 1 aromatic carbocycles. The number of nitrogens with zero attached hydrogens (tertiary/aromatic N) is 1. The zero-order valence-electron chi connectivity index (χ0n) is 16.4. The Morgan fingerprint density at radius 1 is 1.08 bits per heavy atom. The van der Waals surface area contributed by atoms with Crippen LogP contribution in [0.1, 0.15) is 71.3 Å². The van der Waals surface area contributed by atoms with Crippen molar-refractivity contribution in [3.05, 3.63) is 47.9 Å². The molecule has 0 bridgehead atoms. The van der Waals surface area contributed by atoms with E-state index in [1.807, 2.05) is 0 Å². The van der Waals surface area contributed by atoms with Crippen LogP contribution in [0.4, 0.5) is 4.39 Å². The van der Waals surface area contributed by atoms with Crippen LogP contribution in [-0.2, 0) is 6.42 Å². The maximum absolute atomic E-state index is 13.0. The highest BCUT2D eigenvalue weighted by Gasteiger charge is 2.26. The van der Waals surface area contributed by atoms with Gasteiger partial charge < -0.3 is 0 Å². The summed E-state index contributed by atoms with van der Waals surface area (Å²) in [6.45, 7) is 11.0. The quantitative estimate of drug-likeness (QED) is 0.294. The largest absolute Gasteiger partial charge is 0.251 e. The van der Waals surface area contributed by atoms with Crippen LogP contribution in [0.15, 0.2) is 41.5 Å². The fourth-order valence-electron chi connectivity index (χ4n) is 3.60. The molecule has 0 heterocycles. The van der Waals surface area contributed by atoms with Gasteiger partial charge >= 0.3 is 0 Å². The first-order valence-electron chi connectivity index (χ1n) is 9.52. The van der Waals surface area contributed by atoms with Crippen molar-refractivity contribution in [2.75, 3.05) is 6.26 Å². The minimum atomic E-state index is -0.203. The number of hydrogen-bond acceptors (Lipinski definition) is 2. The van der Waals surface area contributed by atoms with Crippen molar-refractivity contribution in [2.24, 2.45) is 10.4 Å². The minimum absolute atomic E-state index is 0.203. The highest BCUT2D eigenvalue weighted by molar-refractivity contribution is 8.13. The van der Waals surface area contributed by atoms with Gasteiger partial charge in [0, 0.05) is 12.1 Å². The highest BCUT2D eigenvalue weighted by atomic mass is 32.2. The lowest BCUT2D eigenvalue weighted by Gasteiger charge is -2.32. The number of aliphatic imine (C=N–C) groups is 1. The topological polar surface area (TPSA) is 12.4 Å². The number of benzene rings is 1. The van der Waals surface area contributed by atoms with Gasteiger partial charge in [-0.15, -0.1) is 11.8 Å². The van der Waals surface area contributed by atoms with E-state index in [1.165, 1.54) is 50.7 Å². The number of halogens is 1. The standard InChI is InChI=1S/C22H34FNS/c1-6-14-22(8-3,15-7-2)16-13-21(25-5)24-18(4)17-19-9-11-20(23)12-10-19/h9-12H,4,6-8,13-17H2,1-3,5H3. The first-order valence-corrected chi connectivity index (χ1v) is 10.7. The minimum Gasteiger partial charge on any atom is -0.251 e. The van der Waals surface area contributed by atoms with E-state index in [-0.39, 0.29) is 5.82 Å². The Morgan fingerprint density at radius 3 is 2.16 bits per heavy atom. The van der Waals surface area contributed by atoms with Crippen LogP contribution in [0.2, 0.25) is 0 Å². The van der Waals surface area contributed by atoms with Crippen molar-refractivity contribution in [3.63, 3.8) is 0 Å². The summed E-state index contributed by atoms with van der Waals surface area (Å²) in [5.74, 6) is -0.203. The summed E-state index contributed by atoms with van der Waals surface area (Å²) in [7, 11) is 0. The highest BCUT2D eigenvalue weighted by Crippen LogP contribution is 2.39. The van der Waals surface area contributed by atoms with Gasteiger partial charge in [0.15, 0.2) is 0 Å². The van der Waals surface area contributed by atoms with E-state index >= 15 is 0 Å². The monoisotopic (exact) mass is 363 g/mol. The molecule has 0 N–H and O–H groups in total. The number of thioether (sulfide) groups is 1. The molecule has 0 saturated heterocycles. The van der Waals surface area contributed by atoms with Gasteiger partial charge in [0.2, 0.25) is 0 Å². The second-order valence-corrected chi connectivity index (χ2v) is 7.81. The van der Waals surface area contributed by atoms with Crippen molar-refractivity contribution < 1.29 is 4.39 Å². The van der Waals surface area contributed by atoms with Crippen LogP contribution in [0.5, 0.6) is 0 Å². The summed E-state index contributed by atoms with van der Waals surface area (Å²) < 4.78 is 13.0. The van der Waals surface area contributed by atoms with E-state index in [4.69, 9.17) is 4.99 Å². The molecule has 0 aromatic heterocycles. The van der Waals surface area contributed by atoms with Gasteiger partial charge in [-0.2, -0.15) is 0 Å². The fraction of sp³-hybridized carbons (Fsp3) is 0.591. The predicted molar refractivity (Wildman–Crippen MR) is 112 cm³/mol. The third-order valence-corrected chi connectivity index (χ3v) is 5.79. The average molecular weight is 364 g/mol. The molecule has 0 spiro atoms. The average Bonchev–Trinajstić information content (AvgIpc) is 2.60. The number of hydrogen-bond donors (Lipinski definition) is 0. The smallest absolute Gasteiger partial charge is 0.123 e. The van der Waals surface area contributed by atoms with E-state index in [0.717, 1.165) is 22.7 Å². The molecule has 25 heavy (non-hydrogen) atoms. The Bertz CT molecular complexity index is 542. The van der Waals surface area contributed by atoms with Gasteiger partial charge in [0.25, 0.3) is 0 Å². The van der Waals surface area contributed by atoms with Gasteiger partial charge in [-0.3, -0.25) is 4.99 Å². The van der Waals surface area contributed by atoms with Gasteiger partial charge in [-0.25, -0.2) is 4.39 Å². The molecule has 0 unspecified atom stereocenters. The molecule has 1 aromatic rings. The normalized spacial score (nSPS) is 12.4. The van der Waals surface area contributed by atoms with Crippen LogP contribution in [0.25, 0.3) is 0 Å². The molecule has 0 aliphatic carbocycles. The first kappa shape index (κ1) is 22.0. The lowest BCUT2D eigenvalue weighted by molar-refractivity contribution is 0.208.